The number of rotatable bonds is 48. The van der Waals surface area contributed by atoms with Gasteiger partial charge in [-0.3, -0.25) is 14.4 Å². The molecule has 0 fully saturated rings. The predicted octanol–water partition coefficient (Wildman–Crippen LogP) is 18.3. The van der Waals surface area contributed by atoms with Crippen molar-refractivity contribution in [1.29, 1.82) is 0 Å². The Hall–Kier alpha value is -3.93. The summed E-state index contributed by atoms with van der Waals surface area (Å²) >= 11 is 0. The Morgan fingerprint density at radius 3 is 0.985 bits per heavy atom. The number of carbonyl (C=O) groups is 3. The fourth-order valence-electron chi connectivity index (χ4n) is 7.16. The quantitative estimate of drug-likeness (QED) is 0.0262. The molecule has 0 saturated heterocycles. The van der Waals surface area contributed by atoms with Crippen LogP contribution in [0.2, 0.25) is 0 Å². The van der Waals surface area contributed by atoms with Crippen LogP contribution >= 0.6 is 0 Å². The summed E-state index contributed by atoms with van der Waals surface area (Å²) < 4.78 is 16.7. The van der Waals surface area contributed by atoms with E-state index in [1.54, 1.807) is 0 Å². The Labute approximate surface area is 412 Å². The number of unbranched alkanes of at least 4 members (excludes halogenated alkanes) is 19. The van der Waals surface area contributed by atoms with E-state index in [4.69, 9.17) is 14.2 Å². The number of esters is 3. The molecule has 0 bridgehead atoms. The van der Waals surface area contributed by atoms with Gasteiger partial charge in [-0.25, -0.2) is 0 Å². The monoisotopic (exact) mass is 929 g/mol. The number of allylic oxidation sites excluding steroid dienone is 18. The average Bonchev–Trinajstić information content (AvgIpc) is 3.33. The largest absolute Gasteiger partial charge is 0.462 e. The predicted molar refractivity (Wildman–Crippen MR) is 288 cm³/mol. The van der Waals surface area contributed by atoms with Crippen LogP contribution in [0.4, 0.5) is 0 Å². The molecule has 0 aliphatic rings. The van der Waals surface area contributed by atoms with E-state index in [1.165, 1.54) is 116 Å². The summed E-state index contributed by atoms with van der Waals surface area (Å²) in [5, 5.41) is 0. The maximum atomic E-state index is 12.8. The summed E-state index contributed by atoms with van der Waals surface area (Å²) in [5.74, 6) is -1.09. The van der Waals surface area contributed by atoms with Gasteiger partial charge < -0.3 is 14.2 Å². The molecule has 0 radical (unpaired) electrons. The van der Waals surface area contributed by atoms with Crippen molar-refractivity contribution in [2.45, 2.75) is 245 Å². The van der Waals surface area contributed by atoms with Gasteiger partial charge in [0.25, 0.3) is 0 Å². The second-order valence-corrected chi connectivity index (χ2v) is 17.7. The summed E-state index contributed by atoms with van der Waals surface area (Å²) in [6, 6.07) is 0. The van der Waals surface area contributed by atoms with Crippen molar-refractivity contribution in [3.63, 3.8) is 0 Å². The third kappa shape index (κ3) is 52.9. The van der Waals surface area contributed by atoms with Gasteiger partial charge in [-0.15, -0.1) is 0 Å². The SMILES string of the molecule is CC/C=C/C/C=C/C/C=C/C/C=C/C/C=C/C/C=C/CCC(=O)OCC(COC(=O)CC/C=C/C/C=C/CCCCCCCC)OC(=O)CCCCCCCCC/C=C/CCCCCCCC. The van der Waals surface area contributed by atoms with Crippen molar-refractivity contribution in [3.05, 3.63) is 109 Å². The number of ether oxygens (including phenoxy) is 3. The standard InChI is InChI=1S/C61H100O6/c1-4-7-10-13-16-19-22-25-27-29-30-32-33-36-39-42-45-48-51-54-60(63)66-57-58(56-65-59(62)53-50-47-44-41-38-35-24-21-18-15-12-9-6-3)67-61(64)55-52-49-46-43-40-37-34-31-28-26-23-20-17-14-11-8-5-2/h7,10,16,19,25-28,30,32,35-36,38-39,44-45,47-48,58H,4-6,8-9,11-15,17-18,20-24,29,31,33-34,37,40-43,46,49-57H2,1-3H3/b10-7+,19-16+,27-25+,28-26+,32-30+,38-35+,39-36+,47-44+,48-45+. The number of carbonyl (C=O) groups excluding carboxylic acids is 3. The van der Waals surface area contributed by atoms with E-state index in [0.717, 1.165) is 70.6 Å². The fourth-order valence-corrected chi connectivity index (χ4v) is 7.16. The number of hydrogen-bond donors (Lipinski definition) is 0. The van der Waals surface area contributed by atoms with E-state index >= 15 is 0 Å². The van der Waals surface area contributed by atoms with Gasteiger partial charge in [0.05, 0.1) is 0 Å². The topological polar surface area (TPSA) is 78.9 Å². The highest BCUT2D eigenvalue weighted by atomic mass is 16.6. The Kier molecular flexibility index (Phi) is 51.5. The molecule has 1 atom stereocenters. The lowest BCUT2D eigenvalue weighted by Gasteiger charge is -2.18. The van der Waals surface area contributed by atoms with Crippen LogP contribution < -0.4 is 0 Å². The molecule has 0 aromatic rings. The Balaban J connectivity index is 4.56. The fraction of sp³-hybridized carbons (Fsp3) is 0.656. The summed E-state index contributed by atoms with van der Waals surface area (Å²) in [4.78, 5) is 38.0. The van der Waals surface area contributed by atoms with Gasteiger partial charge in [0.1, 0.15) is 13.2 Å². The molecular formula is C61H100O6. The van der Waals surface area contributed by atoms with Crippen LogP contribution in [0.15, 0.2) is 109 Å². The molecule has 0 aromatic heterocycles. The molecule has 0 N–H and O–H groups in total. The van der Waals surface area contributed by atoms with Crippen LogP contribution in [0.5, 0.6) is 0 Å². The van der Waals surface area contributed by atoms with Crippen molar-refractivity contribution >= 4 is 17.9 Å². The second kappa shape index (κ2) is 54.7. The van der Waals surface area contributed by atoms with E-state index in [1.807, 2.05) is 18.2 Å². The molecule has 0 aromatic carbocycles. The van der Waals surface area contributed by atoms with Crippen molar-refractivity contribution in [1.82, 2.24) is 0 Å². The molecule has 67 heavy (non-hydrogen) atoms. The zero-order valence-electron chi connectivity index (χ0n) is 43.4. The molecule has 6 nitrogen and oxygen atoms in total. The highest BCUT2D eigenvalue weighted by molar-refractivity contribution is 5.71. The van der Waals surface area contributed by atoms with Crippen LogP contribution in [-0.2, 0) is 28.6 Å². The maximum absolute atomic E-state index is 12.8. The minimum atomic E-state index is -0.835. The highest BCUT2D eigenvalue weighted by Gasteiger charge is 2.19. The van der Waals surface area contributed by atoms with E-state index in [-0.39, 0.29) is 44.0 Å². The van der Waals surface area contributed by atoms with Crippen LogP contribution in [0, 0.1) is 0 Å². The minimum absolute atomic E-state index is 0.135. The first kappa shape index (κ1) is 63.1. The van der Waals surface area contributed by atoms with Crippen LogP contribution in [0.3, 0.4) is 0 Å². The molecule has 0 amide bonds. The Morgan fingerprint density at radius 2 is 0.612 bits per heavy atom. The van der Waals surface area contributed by atoms with E-state index < -0.39 is 6.10 Å². The van der Waals surface area contributed by atoms with Crippen molar-refractivity contribution in [3.8, 4) is 0 Å². The molecule has 0 aliphatic carbocycles. The smallest absolute Gasteiger partial charge is 0.306 e. The molecular weight excluding hydrogens is 829 g/mol. The molecule has 0 heterocycles. The van der Waals surface area contributed by atoms with Gasteiger partial charge >= 0.3 is 17.9 Å². The van der Waals surface area contributed by atoms with Gasteiger partial charge in [0, 0.05) is 19.3 Å². The minimum Gasteiger partial charge on any atom is -0.462 e. The lowest BCUT2D eigenvalue weighted by atomic mass is 10.1. The lowest BCUT2D eigenvalue weighted by Crippen LogP contribution is -2.30. The molecule has 6 heteroatoms. The maximum Gasteiger partial charge on any atom is 0.306 e. The first-order chi connectivity index (χ1) is 33.0. The summed E-state index contributed by atoms with van der Waals surface area (Å²) in [7, 11) is 0. The Bertz CT molecular complexity index is 1390. The summed E-state index contributed by atoms with van der Waals surface area (Å²) in [5.41, 5.74) is 0. The van der Waals surface area contributed by atoms with Crippen LogP contribution in [-0.4, -0.2) is 37.2 Å². The van der Waals surface area contributed by atoms with Gasteiger partial charge in [-0.05, 0) is 103 Å². The molecule has 0 rings (SSSR count). The van der Waals surface area contributed by atoms with Crippen molar-refractivity contribution < 1.29 is 28.6 Å². The third-order valence-electron chi connectivity index (χ3n) is 11.3. The molecule has 1 unspecified atom stereocenters. The highest BCUT2D eigenvalue weighted by Crippen LogP contribution is 2.13. The normalized spacial score (nSPS) is 12.9. The first-order valence-corrected chi connectivity index (χ1v) is 27.4. The first-order valence-electron chi connectivity index (χ1n) is 27.4. The molecule has 0 spiro atoms. The van der Waals surface area contributed by atoms with Crippen molar-refractivity contribution in [2.75, 3.05) is 13.2 Å². The zero-order valence-corrected chi connectivity index (χ0v) is 43.4. The van der Waals surface area contributed by atoms with Gasteiger partial charge in [0.2, 0.25) is 0 Å². The number of hydrogen-bond acceptors (Lipinski definition) is 6. The van der Waals surface area contributed by atoms with E-state index in [9.17, 15) is 14.4 Å². The third-order valence-corrected chi connectivity index (χ3v) is 11.3. The van der Waals surface area contributed by atoms with Crippen molar-refractivity contribution in [2.24, 2.45) is 0 Å². The molecule has 0 saturated carbocycles. The van der Waals surface area contributed by atoms with Gasteiger partial charge in [-0.1, -0.05) is 226 Å². The van der Waals surface area contributed by atoms with Crippen LogP contribution in [0.25, 0.3) is 0 Å². The van der Waals surface area contributed by atoms with Crippen LogP contribution in [0.1, 0.15) is 239 Å². The van der Waals surface area contributed by atoms with Gasteiger partial charge in [0.15, 0.2) is 6.10 Å². The zero-order chi connectivity index (χ0) is 48.6. The average molecular weight is 929 g/mol. The molecule has 0 aliphatic heterocycles. The molecule has 380 valence electrons. The summed E-state index contributed by atoms with van der Waals surface area (Å²) in [6.07, 6.45) is 73.9. The Morgan fingerprint density at radius 1 is 0.313 bits per heavy atom. The second-order valence-electron chi connectivity index (χ2n) is 17.7. The van der Waals surface area contributed by atoms with Gasteiger partial charge in [-0.2, -0.15) is 0 Å². The lowest BCUT2D eigenvalue weighted by molar-refractivity contribution is -0.166. The van der Waals surface area contributed by atoms with E-state index in [0.29, 0.717) is 19.3 Å². The summed E-state index contributed by atoms with van der Waals surface area (Å²) in [6.45, 7) is 6.39. The van der Waals surface area contributed by atoms with E-state index in [2.05, 4.69) is 112 Å².